The highest BCUT2D eigenvalue weighted by Gasteiger charge is 2.49. The number of benzene rings is 7. The molecule has 0 radical (unpaired) electrons. The van der Waals surface area contributed by atoms with Crippen LogP contribution in [0.2, 0.25) is 0 Å². The Morgan fingerprint density at radius 1 is 0.415 bits per heavy atom. The third kappa shape index (κ3) is 4.39. The monoisotopic (exact) mass is 677 g/mol. The number of aryl methyl sites for hydroxylation is 1. The molecule has 0 aliphatic heterocycles. The number of hydrogen-bond donors (Lipinski definition) is 0. The fourth-order valence-corrected chi connectivity index (χ4v) is 8.68. The minimum absolute atomic E-state index is 0.633. The number of fused-ring (bicyclic) bond motifs is 12. The zero-order chi connectivity index (χ0) is 35.1. The summed E-state index contributed by atoms with van der Waals surface area (Å²) in [5.41, 5.74) is 14.8. The van der Waals surface area contributed by atoms with E-state index in [1.165, 1.54) is 38.9 Å². The van der Waals surface area contributed by atoms with Gasteiger partial charge in [0.2, 0.25) is 0 Å². The van der Waals surface area contributed by atoms with E-state index >= 15 is 0 Å². The van der Waals surface area contributed by atoms with Gasteiger partial charge in [0.05, 0.1) is 5.41 Å². The summed E-state index contributed by atoms with van der Waals surface area (Å²) in [7, 11) is 0. The number of nitrogens with zero attached hydrogens (tertiary/aromatic N) is 3. The molecular formula is C49H31N3O. The molecule has 2 aliphatic carbocycles. The van der Waals surface area contributed by atoms with Crippen LogP contribution in [0.25, 0.3) is 79.4 Å². The molecule has 53 heavy (non-hydrogen) atoms. The van der Waals surface area contributed by atoms with Crippen LogP contribution >= 0.6 is 0 Å². The van der Waals surface area contributed by atoms with Crippen molar-refractivity contribution in [1.82, 2.24) is 15.0 Å². The van der Waals surface area contributed by atoms with Gasteiger partial charge in [-0.3, -0.25) is 0 Å². The number of furan rings is 1. The molecule has 4 heteroatoms. The van der Waals surface area contributed by atoms with Crippen LogP contribution in [-0.4, -0.2) is 15.0 Å². The first-order valence-electron chi connectivity index (χ1n) is 18.0. The molecule has 248 valence electrons. The summed E-state index contributed by atoms with van der Waals surface area (Å²) >= 11 is 0. The zero-order valence-corrected chi connectivity index (χ0v) is 28.9. The van der Waals surface area contributed by atoms with E-state index in [0.717, 1.165) is 49.8 Å². The van der Waals surface area contributed by atoms with Crippen LogP contribution in [0.4, 0.5) is 0 Å². The Bertz CT molecular complexity index is 2980. The van der Waals surface area contributed by atoms with E-state index in [0.29, 0.717) is 17.5 Å². The summed E-state index contributed by atoms with van der Waals surface area (Å²) in [4.78, 5) is 15.3. The van der Waals surface area contributed by atoms with E-state index in [4.69, 9.17) is 19.4 Å². The van der Waals surface area contributed by atoms with Gasteiger partial charge in [0.1, 0.15) is 11.2 Å². The van der Waals surface area contributed by atoms with Gasteiger partial charge in [-0.1, -0.05) is 145 Å². The molecule has 0 saturated heterocycles. The van der Waals surface area contributed by atoms with Crippen LogP contribution in [0.3, 0.4) is 0 Å². The van der Waals surface area contributed by atoms with E-state index in [1.807, 2.05) is 24.3 Å². The van der Waals surface area contributed by atoms with Crippen molar-refractivity contribution in [3.63, 3.8) is 0 Å². The topological polar surface area (TPSA) is 51.8 Å². The SMILES string of the molecule is Cc1cccc(-c2nc(-c3ccccc3)nc(-c3ccc4c(c3)C3(c5ccccc5C=C4)c4ccccc4-c4cc5c(cc43)oc3ccccc35)n2)c1. The Morgan fingerprint density at radius 2 is 1.08 bits per heavy atom. The molecule has 1 unspecified atom stereocenters. The second kappa shape index (κ2) is 11.3. The zero-order valence-electron chi connectivity index (χ0n) is 28.9. The molecule has 9 aromatic rings. The number of aromatic nitrogens is 3. The van der Waals surface area contributed by atoms with Gasteiger partial charge >= 0.3 is 0 Å². The second-order valence-corrected chi connectivity index (χ2v) is 14.1. The lowest BCUT2D eigenvalue weighted by Crippen LogP contribution is -2.30. The molecule has 1 atom stereocenters. The van der Waals surface area contributed by atoms with Gasteiger partial charge in [-0.2, -0.15) is 0 Å². The van der Waals surface area contributed by atoms with Crippen LogP contribution in [-0.2, 0) is 5.41 Å². The van der Waals surface area contributed by atoms with Crippen molar-refractivity contribution >= 4 is 34.1 Å². The van der Waals surface area contributed by atoms with Crippen molar-refractivity contribution < 1.29 is 4.42 Å². The first-order chi connectivity index (χ1) is 26.1. The summed E-state index contributed by atoms with van der Waals surface area (Å²) < 4.78 is 6.59. The van der Waals surface area contributed by atoms with Crippen LogP contribution < -0.4 is 0 Å². The lowest BCUT2D eigenvalue weighted by molar-refractivity contribution is 0.666. The predicted molar refractivity (Wildman–Crippen MR) is 214 cm³/mol. The van der Waals surface area contributed by atoms with Gasteiger partial charge in [-0.05, 0) is 81.8 Å². The predicted octanol–water partition coefficient (Wildman–Crippen LogP) is 11.9. The Kier molecular flexibility index (Phi) is 6.35. The average Bonchev–Trinajstić information content (AvgIpc) is 3.67. The first kappa shape index (κ1) is 29.8. The van der Waals surface area contributed by atoms with Gasteiger partial charge < -0.3 is 4.42 Å². The first-order valence-corrected chi connectivity index (χ1v) is 18.0. The van der Waals surface area contributed by atoms with Crippen molar-refractivity contribution in [2.75, 3.05) is 0 Å². The quantitative estimate of drug-likeness (QED) is 0.187. The van der Waals surface area contributed by atoms with E-state index in [-0.39, 0.29) is 0 Å². The minimum atomic E-state index is -0.640. The Balaban J connectivity index is 1.22. The molecule has 0 fully saturated rings. The highest BCUT2D eigenvalue weighted by atomic mass is 16.3. The Labute approximate surface area is 306 Å². The molecule has 11 rings (SSSR count). The van der Waals surface area contributed by atoms with Crippen LogP contribution in [0.5, 0.6) is 0 Å². The molecule has 7 aromatic carbocycles. The maximum absolute atomic E-state index is 6.59. The molecule has 0 amide bonds. The molecule has 2 aromatic heterocycles. The van der Waals surface area contributed by atoms with Crippen LogP contribution in [0, 0.1) is 6.92 Å². The smallest absolute Gasteiger partial charge is 0.164 e. The van der Waals surface area contributed by atoms with E-state index in [1.54, 1.807) is 0 Å². The fourth-order valence-electron chi connectivity index (χ4n) is 8.68. The van der Waals surface area contributed by atoms with Crippen molar-refractivity contribution in [2.24, 2.45) is 0 Å². The molecule has 0 N–H and O–H groups in total. The molecule has 0 bridgehead atoms. The summed E-state index contributed by atoms with van der Waals surface area (Å²) in [6.07, 6.45) is 4.52. The molecule has 1 spiro atoms. The lowest BCUT2D eigenvalue weighted by Gasteiger charge is -2.35. The molecule has 4 nitrogen and oxygen atoms in total. The van der Waals surface area contributed by atoms with Gasteiger partial charge in [-0.25, -0.2) is 15.0 Å². The van der Waals surface area contributed by atoms with Crippen molar-refractivity contribution in [3.8, 4) is 45.3 Å². The largest absolute Gasteiger partial charge is 0.456 e. The third-order valence-corrected chi connectivity index (χ3v) is 11.0. The molecular weight excluding hydrogens is 647 g/mol. The minimum Gasteiger partial charge on any atom is -0.456 e. The highest BCUT2D eigenvalue weighted by Crippen LogP contribution is 2.59. The second-order valence-electron chi connectivity index (χ2n) is 14.1. The molecule has 0 saturated carbocycles. The van der Waals surface area contributed by atoms with Crippen molar-refractivity contribution in [2.45, 2.75) is 12.3 Å². The Hall–Kier alpha value is -6.91. The van der Waals surface area contributed by atoms with E-state index < -0.39 is 5.41 Å². The van der Waals surface area contributed by atoms with Crippen LogP contribution in [0.15, 0.2) is 162 Å². The van der Waals surface area contributed by atoms with Crippen molar-refractivity contribution in [3.05, 3.63) is 197 Å². The summed E-state index contributed by atoms with van der Waals surface area (Å²) in [5.74, 6) is 1.93. The maximum Gasteiger partial charge on any atom is 0.164 e. The van der Waals surface area contributed by atoms with Gasteiger partial charge in [0.25, 0.3) is 0 Å². The molecule has 2 aliphatic rings. The van der Waals surface area contributed by atoms with E-state index in [2.05, 4.69) is 153 Å². The number of hydrogen-bond acceptors (Lipinski definition) is 4. The lowest BCUT2D eigenvalue weighted by atomic mass is 9.65. The van der Waals surface area contributed by atoms with Crippen LogP contribution in [0.1, 0.15) is 38.9 Å². The highest BCUT2D eigenvalue weighted by molar-refractivity contribution is 6.08. The van der Waals surface area contributed by atoms with Gasteiger partial charge in [0, 0.05) is 27.5 Å². The maximum atomic E-state index is 6.59. The average molecular weight is 678 g/mol. The third-order valence-electron chi connectivity index (χ3n) is 11.0. The van der Waals surface area contributed by atoms with E-state index in [9.17, 15) is 0 Å². The Morgan fingerprint density at radius 3 is 1.91 bits per heavy atom. The molecule has 2 heterocycles. The number of rotatable bonds is 3. The van der Waals surface area contributed by atoms with Gasteiger partial charge in [0.15, 0.2) is 17.5 Å². The standard InChI is InChI=1S/C49H31N3O/c1-30-12-11-16-34(26-30)47-50-46(33-14-3-2-4-15-33)51-48(52-47)35-25-24-32-23-22-31-13-5-8-19-40(31)49(42(32)27-35)41-20-9-6-17-36(41)38-28-39-37-18-7-10-21-44(37)53-45(39)29-43(38)49/h2-29H,1H3. The summed E-state index contributed by atoms with van der Waals surface area (Å²) in [6, 6.07) is 55.9. The van der Waals surface area contributed by atoms with Crippen molar-refractivity contribution in [1.29, 1.82) is 0 Å². The summed E-state index contributed by atoms with van der Waals surface area (Å²) in [5, 5.41) is 2.25. The normalized spacial score (nSPS) is 15.3. The fraction of sp³-hybridized carbons (Fsp3) is 0.0408. The number of para-hydroxylation sites is 1. The van der Waals surface area contributed by atoms with Gasteiger partial charge in [-0.15, -0.1) is 0 Å². The summed E-state index contributed by atoms with van der Waals surface area (Å²) in [6.45, 7) is 2.09.